The number of nitrogens with zero attached hydrogens (tertiary/aromatic N) is 1. The monoisotopic (exact) mass is 283 g/mol. The summed E-state index contributed by atoms with van der Waals surface area (Å²) in [6.07, 6.45) is 7.21. The first-order valence-electron chi connectivity index (χ1n) is 8.19. The Balaban J connectivity index is 1.93. The largest absolute Gasteiger partial charge is 0.311 e. The molecule has 0 saturated carbocycles. The van der Waals surface area contributed by atoms with Crippen molar-refractivity contribution in [3.05, 3.63) is 47.2 Å². The summed E-state index contributed by atoms with van der Waals surface area (Å²) in [5.41, 5.74) is 3.65. The van der Waals surface area contributed by atoms with Gasteiger partial charge < -0.3 is 4.90 Å². The molecule has 21 heavy (non-hydrogen) atoms. The van der Waals surface area contributed by atoms with Crippen LogP contribution in [0.15, 0.2) is 41.6 Å². The van der Waals surface area contributed by atoms with E-state index in [1.54, 1.807) is 0 Å². The van der Waals surface area contributed by atoms with Crippen LogP contribution in [0.4, 0.5) is 0 Å². The lowest BCUT2D eigenvalue weighted by atomic mass is 9.81. The van der Waals surface area contributed by atoms with Crippen molar-refractivity contribution in [2.45, 2.75) is 58.9 Å². The highest BCUT2D eigenvalue weighted by Gasteiger charge is 2.44. The summed E-state index contributed by atoms with van der Waals surface area (Å²) in [4.78, 5) is 15.0. The molecule has 0 bridgehead atoms. The van der Waals surface area contributed by atoms with E-state index < -0.39 is 0 Å². The smallest absolute Gasteiger partial charge is 0.236 e. The molecule has 1 amide bonds. The molecule has 1 aliphatic carbocycles. The van der Waals surface area contributed by atoms with Gasteiger partial charge in [0.25, 0.3) is 0 Å². The maximum Gasteiger partial charge on any atom is 0.236 e. The molecule has 1 aliphatic heterocycles. The van der Waals surface area contributed by atoms with E-state index in [2.05, 4.69) is 43.0 Å². The number of carbonyl (C=O) groups is 1. The van der Waals surface area contributed by atoms with Crippen molar-refractivity contribution in [2.24, 2.45) is 5.41 Å². The lowest BCUT2D eigenvalue weighted by Crippen LogP contribution is -2.33. The average molecular weight is 283 g/mol. The van der Waals surface area contributed by atoms with Gasteiger partial charge in [0.2, 0.25) is 5.91 Å². The summed E-state index contributed by atoms with van der Waals surface area (Å²) >= 11 is 0. The van der Waals surface area contributed by atoms with Crippen LogP contribution < -0.4 is 0 Å². The molecule has 1 heterocycles. The summed E-state index contributed by atoms with van der Waals surface area (Å²) in [5.74, 6) is 0.290. The molecular weight excluding hydrogens is 258 g/mol. The van der Waals surface area contributed by atoms with Gasteiger partial charge in [-0.05, 0) is 50.7 Å². The summed E-state index contributed by atoms with van der Waals surface area (Å²) < 4.78 is 0. The molecule has 1 aromatic carbocycles. The van der Waals surface area contributed by atoms with Gasteiger partial charge in [-0.3, -0.25) is 4.79 Å². The molecule has 0 N–H and O–H groups in total. The third kappa shape index (κ3) is 2.64. The third-order valence-electron chi connectivity index (χ3n) is 4.98. The zero-order valence-corrected chi connectivity index (χ0v) is 13.2. The number of hydrogen-bond acceptors (Lipinski definition) is 1. The molecule has 1 aromatic rings. The van der Waals surface area contributed by atoms with Crippen LogP contribution in [0.1, 0.15) is 57.9 Å². The molecule has 112 valence electrons. The number of carbonyl (C=O) groups excluding carboxylic acids is 1. The summed E-state index contributed by atoms with van der Waals surface area (Å²) in [5, 5.41) is 0. The van der Waals surface area contributed by atoms with Gasteiger partial charge in [0.1, 0.15) is 0 Å². The minimum absolute atomic E-state index is 0.290. The standard InChI is InChI=1S/C19H25NO/c1-19(2)16-12-8-3-4-9-13-17(16)20(18(19)21)14-15-10-6-5-7-11-15/h5-7,10-11H,3-4,8-9,12-14H2,1-2H3. The maximum absolute atomic E-state index is 12.9. The second kappa shape index (κ2) is 5.67. The Hall–Kier alpha value is -1.57. The van der Waals surface area contributed by atoms with E-state index in [9.17, 15) is 4.79 Å². The second-order valence-electron chi connectivity index (χ2n) is 6.84. The predicted octanol–water partition coefficient (Wildman–Crippen LogP) is 4.66. The van der Waals surface area contributed by atoms with Crippen molar-refractivity contribution in [1.82, 2.24) is 4.90 Å². The van der Waals surface area contributed by atoms with Crippen LogP contribution in [0.3, 0.4) is 0 Å². The van der Waals surface area contributed by atoms with Crippen LogP contribution in [0.2, 0.25) is 0 Å². The van der Waals surface area contributed by atoms with Crippen LogP contribution in [-0.2, 0) is 11.3 Å². The Kier molecular flexibility index (Phi) is 3.88. The molecular formula is C19H25NO. The van der Waals surface area contributed by atoms with E-state index in [0.29, 0.717) is 5.91 Å². The van der Waals surface area contributed by atoms with E-state index in [0.717, 1.165) is 19.4 Å². The van der Waals surface area contributed by atoms with Gasteiger partial charge in [-0.1, -0.05) is 43.2 Å². The van der Waals surface area contributed by atoms with E-state index in [4.69, 9.17) is 0 Å². The maximum atomic E-state index is 12.9. The first-order chi connectivity index (χ1) is 10.1. The molecule has 2 aliphatic rings. The third-order valence-corrected chi connectivity index (χ3v) is 4.98. The van der Waals surface area contributed by atoms with Gasteiger partial charge in [-0.25, -0.2) is 0 Å². The fraction of sp³-hybridized carbons (Fsp3) is 0.526. The van der Waals surface area contributed by atoms with Crippen LogP contribution in [-0.4, -0.2) is 10.8 Å². The van der Waals surface area contributed by atoms with E-state index in [1.165, 1.54) is 42.5 Å². The normalized spacial score (nSPS) is 22.0. The molecule has 0 fully saturated rings. The number of hydrogen-bond donors (Lipinski definition) is 0. The van der Waals surface area contributed by atoms with Crippen LogP contribution >= 0.6 is 0 Å². The molecule has 0 aromatic heterocycles. The Morgan fingerprint density at radius 3 is 2.38 bits per heavy atom. The first-order valence-corrected chi connectivity index (χ1v) is 8.19. The number of allylic oxidation sites excluding steroid dienone is 1. The summed E-state index contributed by atoms with van der Waals surface area (Å²) in [7, 11) is 0. The van der Waals surface area contributed by atoms with Crippen molar-refractivity contribution in [3.63, 3.8) is 0 Å². The van der Waals surface area contributed by atoms with Gasteiger partial charge in [0.15, 0.2) is 0 Å². The van der Waals surface area contributed by atoms with E-state index in [1.807, 2.05) is 6.07 Å². The van der Waals surface area contributed by atoms with Gasteiger partial charge in [-0.15, -0.1) is 0 Å². The Morgan fingerprint density at radius 2 is 1.67 bits per heavy atom. The van der Waals surface area contributed by atoms with Gasteiger partial charge in [0, 0.05) is 5.70 Å². The summed E-state index contributed by atoms with van der Waals surface area (Å²) in [6.45, 7) is 4.94. The lowest BCUT2D eigenvalue weighted by molar-refractivity contribution is -0.134. The Labute approximate surface area is 127 Å². The molecule has 3 rings (SSSR count). The highest BCUT2D eigenvalue weighted by Crippen LogP contribution is 2.45. The second-order valence-corrected chi connectivity index (χ2v) is 6.84. The molecule has 2 nitrogen and oxygen atoms in total. The fourth-order valence-corrected chi connectivity index (χ4v) is 3.74. The molecule has 0 saturated heterocycles. The van der Waals surface area contributed by atoms with Crippen LogP contribution in [0.25, 0.3) is 0 Å². The van der Waals surface area contributed by atoms with Gasteiger partial charge >= 0.3 is 0 Å². The molecule has 0 atom stereocenters. The van der Waals surface area contributed by atoms with Crippen molar-refractivity contribution < 1.29 is 4.79 Å². The molecule has 0 unspecified atom stereocenters. The number of rotatable bonds is 2. The fourth-order valence-electron chi connectivity index (χ4n) is 3.74. The van der Waals surface area contributed by atoms with Crippen LogP contribution in [0.5, 0.6) is 0 Å². The molecule has 0 spiro atoms. The van der Waals surface area contributed by atoms with E-state index >= 15 is 0 Å². The Bertz CT molecular complexity index is 556. The van der Waals surface area contributed by atoms with Crippen LogP contribution in [0, 0.1) is 5.41 Å². The zero-order valence-electron chi connectivity index (χ0n) is 13.2. The minimum Gasteiger partial charge on any atom is -0.311 e. The quantitative estimate of drug-likeness (QED) is 0.772. The number of benzene rings is 1. The van der Waals surface area contributed by atoms with Crippen molar-refractivity contribution in [2.75, 3.05) is 0 Å². The topological polar surface area (TPSA) is 20.3 Å². The SMILES string of the molecule is CC1(C)C(=O)N(Cc2ccccc2)C2=C1CCCCCC2. The molecule has 0 radical (unpaired) electrons. The van der Waals surface area contributed by atoms with Gasteiger partial charge in [0.05, 0.1) is 12.0 Å². The highest BCUT2D eigenvalue weighted by molar-refractivity contribution is 5.90. The first kappa shape index (κ1) is 14.4. The highest BCUT2D eigenvalue weighted by atomic mass is 16.2. The van der Waals surface area contributed by atoms with Crippen molar-refractivity contribution in [1.29, 1.82) is 0 Å². The van der Waals surface area contributed by atoms with Gasteiger partial charge in [-0.2, -0.15) is 0 Å². The van der Waals surface area contributed by atoms with E-state index in [-0.39, 0.29) is 5.41 Å². The summed E-state index contributed by atoms with van der Waals surface area (Å²) in [6, 6.07) is 10.4. The molecule has 2 heteroatoms. The van der Waals surface area contributed by atoms with Crippen molar-refractivity contribution >= 4 is 5.91 Å². The predicted molar refractivity (Wildman–Crippen MR) is 85.5 cm³/mol. The van der Waals surface area contributed by atoms with Crippen molar-refractivity contribution in [3.8, 4) is 0 Å². The number of amides is 1. The average Bonchev–Trinajstić information content (AvgIpc) is 2.60. The lowest BCUT2D eigenvalue weighted by Gasteiger charge is -2.23. The Morgan fingerprint density at radius 1 is 1.00 bits per heavy atom. The minimum atomic E-state index is -0.304. The zero-order chi connectivity index (χ0) is 14.9.